The molecule has 8 heterocycles. The van der Waals surface area contributed by atoms with Crippen LogP contribution >= 0.6 is 22.7 Å². The van der Waals surface area contributed by atoms with E-state index in [1.54, 1.807) is 53.4 Å². The van der Waals surface area contributed by atoms with Crippen LogP contribution in [0.15, 0.2) is 71.8 Å². The molecule has 11 rings (SSSR count). The summed E-state index contributed by atoms with van der Waals surface area (Å²) < 4.78 is 41.7. The van der Waals surface area contributed by atoms with Crippen LogP contribution in [0, 0.1) is 33.9 Å². The fourth-order valence-electron chi connectivity index (χ4n) is 13.2. The zero-order valence-electron chi connectivity index (χ0n) is 50.0. The molecule has 0 radical (unpaired) electrons. The summed E-state index contributed by atoms with van der Waals surface area (Å²) in [5.74, 6) is -1.61. The quantitative estimate of drug-likeness (QED) is 0.0836. The third-order valence-corrected chi connectivity index (χ3v) is 20.8. The molecule has 1 saturated carbocycles. The molecule has 85 heavy (non-hydrogen) atoms. The fraction of sp³-hybridized carbons (Fsp3) is 0.556. The van der Waals surface area contributed by atoms with Gasteiger partial charge in [-0.3, -0.25) is 33.7 Å². The number of fused-ring (bicyclic) bond motifs is 2. The average molecular weight is 1210 g/mol. The van der Waals surface area contributed by atoms with Crippen LogP contribution in [0.5, 0.6) is 0 Å². The Labute approximate surface area is 505 Å². The van der Waals surface area contributed by atoms with Gasteiger partial charge in [-0.1, -0.05) is 103 Å². The van der Waals surface area contributed by atoms with Crippen molar-refractivity contribution in [1.82, 2.24) is 40.2 Å². The Bertz CT molecular complexity index is 3170. The maximum atomic E-state index is 15.0. The van der Waals surface area contributed by atoms with Crippen molar-refractivity contribution in [2.45, 2.75) is 110 Å². The van der Waals surface area contributed by atoms with Crippen LogP contribution in [0.25, 0.3) is 22.5 Å². The topological polar surface area (TPSA) is 190 Å². The molecule has 7 fully saturated rings. The zero-order chi connectivity index (χ0) is 60.4. The number of aldehydes is 1. The molecule has 1 aliphatic carbocycles. The summed E-state index contributed by atoms with van der Waals surface area (Å²) in [6.07, 6.45) is 8.31. The van der Waals surface area contributed by atoms with E-state index in [0.717, 1.165) is 118 Å². The predicted octanol–water partition coefficient (Wildman–Crippen LogP) is 7.36. The molecule has 22 heteroatoms. The van der Waals surface area contributed by atoms with Gasteiger partial charge in [0.05, 0.1) is 12.2 Å². The van der Waals surface area contributed by atoms with Crippen LogP contribution < -0.4 is 20.4 Å². The number of piperazine rings is 2. The van der Waals surface area contributed by atoms with E-state index in [1.807, 2.05) is 58.6 Å². The number of Topliss-reactive ketones (excluding diaryl/α,β-unsaturated/α-hetero) is 2. The van der Waals surface area contributed by atoms with Gasteiger partial charge in [0.2, 0.25) is 16.2 Å². The van der Waals surface area contributed by atoms with Gasteiger partial charge in [-0.15, -0.1) is 0 Å². The van der Waals surface area contributed by atoms with Gasteiger partial charge in [0, 0.05) is 105 Å². The highest BCUT2D eigenvalue weighted by Gasteiger charge is 2.60. The number of carbonyl (C=O) groups excluding carboxylic acids is 6. The monoisotopic (exact) mass is 1210 g/mol. The molecule has 18 nitrogen and oxygen atoms in total. The molecule has 3 amide bonds. The molecule has 6 saturated heterocycles. The van der Waals surface area contributed by atoms with Crippen LogP contribution in [-0.4, -0.2) is 194 Å². The summed E-state index contributed by atoms with van der Waals surface area (Å²) in [4.78, 5) is 101. The highest BCUT2D eigenvalue weighted by Crippen LogP contribution is 2.45. The van der Waals surface area contributed by atoms with Crippen LogP contribution in [0.1, 0.15) is 94.4 Å². The van der Waals surface area contributed by atoms with E-state index in [1.165, 1.54) is 0 Å². The molecule has 2 aromatic carbocycles. The molecular formula is C63H80F2N10O8S2. The number of nitrogens with zero attached hydrogens (tertiary/aromatic N) is 8. The molecule has 9 unspecified atom stereocenters. The van der Waals surface area contributed by atoms with E-state index in [4.69, 9.17) is 9.47 Å². The molecule has 456 valence electrons. The smallest absolute Gasteiger partial charge is 0.253 e. The Kier molecular flexibility index (Phi) is 19.3. The number of thiazole rings is 2. The third-order valence-electron chi connectivity index (χ3n) is 19.0. The normalized spacial score (nSPS) is 25.8. The molecule has 0 bridgehead atoms. The number of likely N-dealkylation sites (tertiary alicyclic amines) is 2. The second kappa shape index (κ2) is 26.5. The van der Waals surface area contributed by atoms with Gasteiger partial charge in [0.25, 0.3) is 11.8 Å². The van der Waals surface area contributed by atoms with E-state index in [0.29, 0.717) is 52.0 Å². The minimum absolute atomic E-state index is 0.00420. The first kappa shape index (κ1) is 61.9. The van der Waals surface area contributed by atoms with Crippen molar-refractivity contribution in [2.24, 2.45) is 23.7 Å². The number of likely N-dealkylation sites (N-methyl/N-ethyl adjacent to an activating group) is 2. The summed E-state index contributed by atoms with van der Waals surface area (Å²) in [5.41, 5.74) is 3.27. The Morgan fingerprint density at radius 3 is 1.64 bits per heavy atom. The van der Waals surface area contributed by atoms with Crippen LogP contribution in [0.4, 0.5) is 19.0 Å². The van der Waals surface area contributed by atoms with Crippen molar-refractivity contribution in [3.8, 4) is 22.5 Å². The first-order valence-corrected chi connectivity index (χ1v) is 31.6. The highest BCUT2D eigenvalue weighted by atomic mass is 32.1. The Hall–Kier alpha value is -6.14. The van der Waals surface area contributed by atoms with Gasteiger partial charge in [0.1, 0.15) is 42.7 Å². The van der Waals surface area contributed by atoms with Gasteiger partial charge >= 0.3 is 0 Å². The minimum atomic E-state index is -1.33. The number of rotatable bonds is 16. The second-order valence-corrected chi connectivity index (χ2v) is 25.8. The van der Waals surface area contributed by atoms with E-state index in [-0.39, 0.29) is 88.2 Å². The molecular weight excluding hydrogens is 1130 g/mol. The number of amides is 3. The number of anilines is 2. The number of carbonyl (C=O) groups is 6. The van der Waals surface area contributed by atoms with Crippen LogP contribution in [0.3, 0.4) is 0 Å². The number of allylic oxidation sites excluding steroid dienone is 2. The summed E-state index contributed by atoms with van der Waals surface area (Å²) in [7, 11) is 4.14. The number of hydrogen-bond donors (Lipinski definition) is 2. The number of hydrogen-bond acceptors (Lipinski definition) is 17. The second-order valence-electron chi connectivity index (χ2n) is 24.0. The maximum Gasteiger partial charge on any atom is 0.253 e. The summed E-state index contributed by atoms with van der Waals surface area (Å²) in [6.45, 7) is 19.4. The summed E-state index contributed by atoms with van der Waals surface area (Å²) in [6, 6.07) is 11.3. The first-order valence-electron chi connectivity index (χ1n) is 30.0. The predicted molar refractivity (Wildman–Crippen MR) is 325 cm³/mol. The lowest BCUT2D eigenvalue weighted by molar-refractivity contribution is -0.139. The standard InChI is InChI=1S/C32H40FN5O4S.C31H40FN5O4S/c1-4-20(2)24-17-38(27-25(40)18-42-28(24)27)32(19-39,23-7-5-6-8-23)35-30(41)22-11-9-21(10-12-22)26-29(33)43-31(34-26)37-15-13-36(3)14-16-37;1-6-18(3)22-16-37(26-23(38)17-41-27(22)26)30(40)24(19(4)7-2)33-29(39)21-10-8-20(9-11-21)25-28(32)42-31(34-25)36-14-12-35(5)13-15-36/h4,9-12,19,23-24,27-28H,5-8,13-18H2,1-3H3,(H,35,41);6,8-11,19,22,24,26-27H,7,12-17H2,1-5H3,(H,33,39). The van der Waals surface area contributed by atoms with Crippen LogP contribution in [-0.2, 0) is 28.7 Å². The number of ketones is 2. The summed E-state index contributed by atoms with van der Waals surface area (Å²) in [5, 5.41) is 6.66. The van der Waals surface area contributed by atoms with Crippen molar-refractivity contribution in [2.75, 3.05) is 103 Å². The van der Waals surface area contributed by atoms with Gasteiger partial charge in [-0.05, 0) is 84.8 Å². The number of benzene rings is 2. The van der Waals surface area contributed by atoms with Gasteiger partial charge in [-0.2, -0.15) is 8.78 Å². The number of halogens is 2. The SMILES string of the molecule is CC=C(C)C1CN(C(=O)C(NC(=O)c2ccc(-c3nc(N4CCN(C)CC4)sc3F)cc2)C(C)CC)C2C(=O)COC12.CC=C(C)C1CN(C(C=O)(NC(=O)c2ccc(-c3nc(N4CCN(C)CC4)sc3F)cc2)C2CCCC2)C2C(=O)COC12. The number of aromatic nitrogens is 2. The van der Waals surface area contributed by atoms with E-state index in [9.17, 15) is 33.2 Å². The van der Waals surface area contributed by atoms with Crippen molar-refractivity contribution < 1.29 is 47.0 Å². The lowest BCUT2D eigenvalue weighted by atomic mass is 9.88. The van der Waals surface area contributed by atoms with Gasteiger partial charge in [0.15, 0.2) is 33.8 Å². The summed E-state index contributed by atoms with van der Waals surface area (Å²) >= 11 is 2.08. The lowest BCUT2D eigenvalue weighted by Crippen LogP contribution is -2.68. The Morgan fingerprint density at radius 1 is 0.706 bits per heavy atom. The number of ether oxygens (including phenoxy) is 2. The van der Waals surface area contributed by atoms with Crippen LogP contribution in [0.2, 0.25) is 0 Å². The largest absolute Gasteiger partial charge is 0.368 e. The third kappa shape index (κ3) is 12.6. The minimum Gasteiger partial charge on any atom is -0.368 e. The van der Waals surface area contributed by atoms with Crippen molar-refractivity contribution in [3.63, 3.8) is 0 Å². The molecule has 7 aliphatic rings. The first-order chi connectivity index (χ1) is 40.9. The zero-order valence-corrected chi connectivity index (χ0v) is 51.6. The molecule has 6 aliphatic heterocycles. The van der Waals surface area contributed by atoms with E-state index < -0.39 is 35.6 Å². The van der Waals surface area contributed by atoms with Crippen molar-refractivity contribution in [3.05, 3.63) is 93.2 Å². The molecule has 4 aromatic rings. The highest BCUT2D eigenvalue weighted by molar-refractivity contribution is 7.14. The van der Waals surface area contributed by atoms with Gasteiger partial charge in [-0.25, -0.2) is 9.97 Å². The maximum absolute atomic E-state index is 15.0. The Morgan fingerprint density at radius 2 is 1.16 bits per heavy atom. The average Bonchev–Trinajstić information content (AvgIpc) is 2.46. The fourth-order valence-corrected chi connectivity index (χ4v) is 15.0. The van der Waals surface area contributed by atoms with E-state index in [2.05, 4.69) is 54.3 Å². The molecule has 0 spiro atoms. The number of nitrogens with one attached hydrogen (secondary N) is 2. The van der Waals surface area contributed by atoms with E-state index >= 15 is 4.39 Å². The van der Waals surface area contributed by atoms with Crippen molar-refractivity contribution in [1.29, 1.82) is 0 Å². The van der Waals surface area contributed by atoms with Gasteiger partial charge < -0.3 is 44.6 Å². The Balaban J connectivity index is 0.000000189. The molecule has 2 N–H and O–H groups in total. The molecule has 2 aromatic heterocycles. The molecule has 9 atom stereocenters. The van der Waals surface area contributed by atoms with Crippen molar-refractivity contribution >= 4 is 68.5 Å². The lowest BCUT2D eigenvalue weighted by Gasteiger charge is -2.44.